The Bertz CT molecular complexity index is 356. The highest BCUT2D eigenvalue weighted by Gasteiger charge is 2.11. The summed E-state index contributed by atoms with van der Waals surface area (Å²) in [6.45, 7) is 1.06. The van der Waals surface area contributed by atoms with E-state index in [0.717, 1.165) is 30.4 Å². The van der Waals surface area contributed by atoms with Gasteiger partial charge in [0.25, 0.3) is 0 Å². The lowest BCUT2D eigenvalue weighted by Gasteiger charge is -2.11. The molecule has 0 fully saturated rings. The van der Waals surface area contributed by atoms with Gasteiger partial charge in [-0.05, 0) is 49.1 Å². The number of aryl methyl sites for hydroxylation is 1. The first-order valence-electron chi connectivity index (χ1n) is 5.77. The molecule has 4 heteroatoms. The number of hydrogen-bond donors (Lipinski definition) is 1. The van der Waals surface area contributed by atoms with E-state index in [2.05, 4.69) is 0 Å². The Labute approximate surface area is 102 Å². The van der Waals surface area contributed by atoms with Gasteiger partial charge in [0.05, 0.1) is 13.7 Å². The van der Waals surface area contributed by atoms with Crippen LogP contribution in [-0.4, -0.2) is 20.8 Å². The molecule has 0 saturated carbocycles. The third-order valence-corrected chi connectivity index (χ3v) is 2.60. The summed E-state index contributed by atoms with van der Waals surface area (Å²) in [5.41, 5.74) is 7.16. The lowest BCUT2D eigenvalue weighted by atomic mass is 10.0. The van der Waals surface area contributed by atoms with Crippen molar-refractivity contribution in [2.45, 2.75) is 25.9 Å². The smallest absolute Gasteiger partial charge is 0.165 e. The Kier molecular flexibility index (Phi) is 5.94. The number of ether oxygens (including phenoxy) is 2. The molecule has 0 aliphatic carbocycles. The van der Waals surface area contributed by atoms with E-state index in [0.29, 0.717) is 18.9 Å². The number of nitrogens with two attached hydrogens (primary N) is 1. The van der Waals surface area contributed by atoms with Crippen molar-refractivity contribution in [3.8, 4) is 5.75 Å². The van der Waals surface area contributed by atoms with E-state index in [-0.39, 0.29) is 5.82 Å². The van der Waals surface area contributed by atoms with Crippen LogP contribution in [0.2, 0.25) is 0 Å². The fourth-order valence-corrected chi connectivity index (χ4v) is 1.84. The Balaban J connectivity index is 2.89. The first-order chi connectivity index (χ1) is 8.22. The van der Waals surface area contributed by atoms with Crippen molar-refractivity contribution in [1.29, 1.82) is 0 Å². The van der Waals surface area contributed by atoms with E-state index >= 15 is 0 Å². The van der Waals surface area contributed by atoms with Crippen LogP contribution in [0.1, 0.15) is 24.0 Å². The van der Waals surface area contributed by atoms with Crippen molar-refractivity contribution in [1.82, 2.24) is 0 Å². The first-order valence-corrected chi connectivity index (χ1v) is 5.77. The van der Waals surface area contributed by atoms with Gasteiger partial charge in [-0.25, -0.2) is 4.39 Å². The summed E-state index contributed by atoms with van der Waals surface area (Å²) in [7, 11) is 3.08. The summed E-state index contributed by atoms with van der Waals surface area (Å²) >= 11 is 0. The second kappa shape index (κ2) is 7.25. The molecule has 0 saturated heterocycles. The molecule has 0 atom stereocenters. The lowest BCUT2D eigenvalue weighted by Crippen LogP contribution is -2.02. The minimum absolute atomic E-state index is 0.329. The van der Waals surface area contributed by atoms with Crippen LogP contribution < -0.4 is 10.5 Å². The van der Waals surface area contributed by atoms with Crippen LogP contribution in [0.15, 0.2) is 12.1 Å². The molecule has 17 heavy (non-hydrogen) atoms. The molecule has 2 N–H and O–H groups in total. The number of benzene rings is 1. The summed E-state index contributed by atoms with van der Waals surface area (Å²) in [6.07, 6.45) is 2.64. The molecule has 0 radical (unpaired) electrons. The average molecular weight is 241 g/mol. The summed E-state index contributed by atoms with van der Waals surface area (Å²) in [6, 6.07) is 3.39. The fraction of sp³-hybridized carbons (Fsp3) is 0.538. The van der Waals surface area contributed by atoms with E-state index < -0.39 is 0 Å². The molecule has 1 aromatic rings. The summed E-state index contributed by atoms with van der Waals surface area (Å²) in [5.74, 6) is 0.00618. The zero-order chi connectivity index (χ0) is 12.7. The van der Waals surface area contributed by atoms with Crippen LogP contribution in [0, 0.1) is 5.82 Å². The number of unbranched alkanes of at least 4 members (excludes halogenated alkanes) is 1. The van der Waals surface area contributed by atoms with Gasteiger partial charge in [0.2, 0.25) is 0 Å². The predicted molar refractivity (Wildman–Crippen MR) is 65.7 cm³/mol. The van der Waals surface area contributed by atoms with E-state index in [1.54, 1.807) is 7.11 Å². The maximum Gasteiger partial charge on any atom is 0.165 e. The summed E-state index contributed by atoms with van der Waals surface area (Å²) in [5, 5.41) is 0. The van der Waals surface area contributed by atoms with Crippen molar-refractivity contribution in [2.75, 3.05) is 20.8 Å². The van der Waals surface area contributed by atoms with Crippen LogP contribution in [0.5, 0.6) is 5.75 Å². The Hall–Kier alpha value is -1.13. The number of hydrogen-bond acceptors (Lipinski definition) is 3. The monoisotopic (exact) mass is 241 g/mol. The molecular weight excluding hydrogens is 221 g/mol. The highest BCUT2D eigenvalue weighted by atomic mass is 19.1. The molecule has 1 rings (SSSR count). The highest BCUT2D eigenvalue weighted by Crippen LogP contribution is 2.26. The van der Waals surface area contributed by atoms with Crippen LogP contribution in [-0.2, 0) is 17.8 Å². The van der Waals surface area contributed by atoms with Crippen molar-refractivity contribution < 1.29 is 13.9 Å². The third kappa shape index (κ3) is 3.98. The van der Waals surface area contributed by atoms with Gasteiger partial charge in [-0.3, -0.25) is 0 Å². The molecule has 0 aliphatic rings. The Morgan fingerprint density at radius 1 is 1.24 bits per heavy atom. The van der Waals surface area contributed by atoms with Crippen molar-refractivity contribution >= 4 is 0 Å². The van der Waals surface area contributed by atoms with Gasteiger partial charge >= 0.3 is 0 Å². The van der Waals surface area contributed by atoms with Crippen molar-refractivity contribution in [3.05, 3.63) is 29.1 Å². The van der Waals surface area contributed by atoms with Gasteiger partial charge in [0.1, 0.15) is 0 Å². The molecule has 0 unspecified atom stereocenters. The van der Waals surface area contributed by atoms with Crippen LogP contribution in [0.3, 0.4) is 0 Å². The maximum atomic E-state index is 13.7. The van der Waals surface area contributed by atoms with Crippen LogP contribution in [0.4, 0.5) is 4.39 Å². The van der Waals surface area contributed by atoms with Crippen molar-refractivity contribution in [2.24, 2.45) is 5.73 Å². The third-order valence-electron chi connectivity index (χ3n) is 2.60. The Morgan fingerprint density at radius 3 is 2.59 bits per heavy atom. The molecule has 1 aromatic carbocycles. The second-order valence-electron chi connectivity index (χ2n) is 3.95. The molecule has 0 amide bonds. The maximum absolute atomic E-state index is 13.7. The fourth-order valence-electron chi connectivity index (χ4n) is 1.84. The molecule has 0 heterocycles. The van der Waals surface area contributed by atoms with Crippen LogP contribution >= 0.6 is 0 Å². The minimum Gasteiger partial charge on any atom is -0.493 e. The summed E-state index contributed by atoms with van der Waals surface area (Å²) < 4.78 is 23.8. The molecule has 0 aliphatic heterocycles. The van der Waals surface area contributed by atoms with Gasteiger partial charge in [-0.1, -0.05) is 0 Å². The standard InChI is InChI=1S/C13H20FNO2/c1-16-9-10-7-11(5-3-4-6-15)13(17-2)12(14)8-10/h7-8H,3-6,9,15H2,1-2H3. The molecule has 96 valence electrons. The van der Waals surface area contributed by atoms with E-state index in [1.165, 1.54) is 13.2 Å². The van der Waals surface area contributed by atoms with Gasteiger partial charge in [-0.15, -0.1) is 0 Å². The topological polar surface area (TPSA) is 44.5 Å². The zero-order valence-electron chi connectivity index (χ0n) is 10.5. The quantitative estimate of drug-likeness (QED) is 0.745. The van der Waals surface area contributed by atoms with E-state index in [4.69, 9.17) is 15.2 Å². The second-order valence-corrected chi connectivity index (χ2v) is 3.95. The van der Waals surface area contributed by atoms with E-state index in [9.17, 15) is 4.39 Å². The molecule has 0 aromatic heterocycles. The van der Waals surface area contributed by atoms with Crippen molar-refractivity contribution in [3.63, 3.8) is 0 Å². The van der Waals surface area contributed by atoms with Gasteiger partial charge in [-0.2, -0.15) is 0 Å². The van der Waals surface area contributed by atoms with Gasteiger partial charge in [0, 0.05) is 7.11 Å². The molecule has 0 bridgehead atoms. The van der Waals surface area contributed by atoms with E-state index in [1.807, 2.05) is 6.07 Å². The summed E-state index contributed by atoms with van der Waals surface area (Å²) in [4.78, 5) is 0. The highest BCUT2D eigenvalue weighted by molar-refractivity contribution is 5.38. The lowest BCUT2D eigenvalue weighted by molar-refractivity contribution is 0.184. The van der Waals surface area contributed by atoms with Crippen LogP contribution in [0.25, 0.3) is 0 Å². The number of rotatable bonds is 7. The Morgan fingerprint density at radius 2 is 2.00 bits per heavy atom. The van der Waals surface area contributed by atoms with Gasteiger partial charge < -0.3 is 15.2 Å². The normalized spacial score (nSPS) is 10.6. The SMILES string of the molecule is COCc1cc(F)c(OC)c(CCCCN)c1. The number of halogens is 1. The van der Waals surface area contributed by atoms with Gasteiger partial charge in [0.15, 0.2) is 11.6 Å². The predicted octanol–water partition coefficient (Wildman–Crippen LogP) is 2.26. The zero-order valence-corrected chi connectivity index (χ0v) is 10.5. The first kappa shape index (κ1) is 13.9. The molecule has 0 spiro atoms. The number of methoxy groups -OCH3 is 2. The minimum atomic E-state index is -0.329. The largest absolute Gasteiger partial charge is 0.493 e. The average Bonchev–Trinajstić information content (AvgIpc) is 2.29. The molecular formula is C13H20FNO2. The molecule has 3 nitrogen and oxygen atoms in total.